The number of hydrogen-bond acceptors (Lipinski definition) is 6. The largest absolute Gasteiger partial charge is 0.460 e. The number of pyridine rings is 1. The summed E-state index contributed by atoms with van der Waals surface area (Å²) in [7, 11) is 0. The Balaban J connectivity index is 1.60. The van der Waals surface area contributed by atoms with Gasteiger partial charge in [-0.15, -0.1) is 0 Å². The minimum absolute atomic E-state index is 0.0525. The molecule has 1 aliphatic carbocycles. The van der Waals surface area contributed by atoms with Crippen molar-refractivity contribution in [2.75, 3.05) is 0 Å². The maximum atomic E-state index is 12.4. The molecule has 1 saturated heterocycles. The van der Waals surface area contributed by atoms with Gasteiger partial charge in [-0.1, -0.05) is 26.3 Å². The number of hydrogen-bond donors (Lipinski definition) is 1. The van der Waals surface area contributed by atoms with Gasteiger partial charge < -0.3 is 9.84 Å². The first-order valence-electron chi connectivity index (χ1n) is 10.3. The molecule has 2 aromatic rings. The van der Waals surface area contributed by atoms with Crippen LogP contribution in [0.3, 0.4) is 0 Å². The highest BCUT2D eigenvalue weighted by Crippen LogP contribution is 2.52. The SMILES string of the molecule is CCC1C(C)CC2(O)C(=O)O[C@H](C)C2C1/C=C/c1ccc(-c2cnccn2)cn1. The number of ether oxygens (including phenoxy) is 1. The van der Waals surface area contributed by atoms with E-state index in [0.29, 0.717) is 12.3 Å². The predicted molar refractivity (Wildman–Crippen MR) is 109 cm³/mol. The average molecular weight is 393 g/mol. The molecule has 29 heavy (non-hydrogen) atoms. The Hall–Kier alpha value is -2.60. The Morgan fingerprint density at radius 2 is 2.07 bits per heavy atom. The number of allylic oxidation sites excluding steroid dienone is 1. The third kappa shape index (κ3) is 3.46. The van der Waals surface area contributed by atoms with Crippen LogP contribution in [0.1, 0.15) is 39.3 Å². The molecule has 5 unspecified atom stereocenters. The highest BCUT2D eigenvalue weighted by Gasteiger charge is 2.62. The van der Waals surface area contributed by atoms with Gasteiger partial charge in [0.15, 0.2) is 5.60 Å². The van der Waals surface area contributed by atoms with Crippen LogP contribution in [0.2, 0.25) is 0 Å². The van der Waals surface area contributed by atoms with Gasteiger partial charge >= 0.3 is 5.97 Å². The van der Waals surface area contributed by atoms with E-state index in [9.17, 15) is 9.90 Å². The van der Waals surface area contributed by atoms with E-state index < -0.39 is 11.6 Å². The molecule has 2 fully saturated rings. The highest BCUT2D eigenvalue weighted by atomic mass is 16.6. The topological polar surface area (TPSA) is 85.2 Å². The summed E-state index contributed by atoms with van der Waals surface area (Å²) >= 11 is 0. The van der Waals surface area contributed by atoms with E-state index in [4.69, 9.17) is 4.74 Å². The van der Waals surface area contributed by atoms with Gasteiger partial charge in [0.05, 0.1) is 17.6 Å². The van der Waals surface area contributed by atoms with E-state index in [2.05, 4.69) is 34.9 Å². The van der Waals surface area contributed by atoms with Crippen LogP contribution >= 0.6 is 0 Å². The monoisotopic (exact) mass is 393 g/mol. The lowest BCUT2D eigenvalue weighted by Gasteiger charge is -2.45. The normalized spacial score (nSPS) is 34.2. The zero-order valence-corrected chi connectivity index (χ0v) is 17.0. The fourth-order valence-corrected chi connectivity index (χ4v) is 5.26. The predicted octanol–water partition coefficient (Wildman–Crippen LogP) is 3.53. The molecule has 152 valence electrons. The van der Waals surface area contributed by atoms with E-state index in [-0.39, 0.29) is 23.9 Å². The van der Waals surface area contributed by atoms with Crippen molar-refractivity contribution in [3.8, 4) is 11.3 Å². The molecule has 0 aromatic carbocycles. The van der Waals surface area contributed by atoms with E-state index in [1.807, 2.05) is 25.1 Å². The molecule has 0 amide bonds. The number of aromatic nitrogens is 3. The van der Waals surface area contributed by atoms with Gasteiger partial charge in [0, 0.05) is 30.1 Å². The highest BCUT2D eigenvalue weighted by molar-refractivity contribution is 5.82. The zero-order valence-electron chi connectivity index (χ0n) is 17.0. The second-order valence-corrected chi connectivity index (χ2v) is 8.31. The van der Waals surface area contributed by atoms with Gasteiger partial charge in [-0.2, -0.15) is 0 Å². The lowest BCUT2D eigenvalue weighted by atomic mass is 9.59. The number of carbonyl (C=O) groups excluding carboxylic acids is 1. The van der Waals surface area contributed by atoms with Crippen molar-refractivity contribution in [3.63, 3.8) is 0 Å². The molecule has 1 N–H and O–H groups in total. The van der Waals surface area contributed by atoms with Crippen molar-refractivity contribution < 1.29 is 14.6 Å². The number of rotatable bonds is 4. The smallest absolute Gasteiger partial charge is 0.338 e. The number of fused-ring (bicyclic) bond motifs is 1. The number of esters is 1. The van der Waals surface area contributed by atoms with Gasteiger partial charge in [0.1, 0.15) is 6.10 Å². The average Bonchev–Trinajstić information content (AvgIpc) is 2.95. The van der Waals surface area contributed by atoms with Crippen LogP contribution in [0, 0.1) is 23.7 Å². The van der Waals surface area contributed by atoms with E-state index >= 15 is 0 Å². The second-order valence-electron chi connectivity index (χ2n) is 8.31. The third-order valence-electron chi connectivity index (χ3n) is 6.58. The maximum absolute atomic E-state index is 12.4. The Labute approximate surface area is 171 Å². The van der Waals surface area contributed by atoms with Crippen LogP contribution in [-0.2, 0) is 9.53 Å². The maximum Gasteiger partial charge on any atom is 0.338 e. The van der Waals surface area contributed by atoms with Crippen molar-refractivity contribution in [1.29, 1.82) is 0 Å². The number of cyclic esters (lactones) is 1. The van der Waals surface area contributed by atoms with Crippen LogP contribution in [-0.4, -0.2) is 37.7 Å². The standard InChI is InChI=1S/C23H27N3O3/c1-4-18-14(2)11-23(28)21(15(3)29-22(23)27)19(18)8-7-17-6-5-16(12-26-17)20-13-24-9-10-25-20/h5-10,12-15,18-19,21,28H,4,11H2,1-3H3/b8-7+/t14?,15-,18?,19?,21?,23?/m1/s1. The Morgan fingerprint density at radius 3 is 2.72 bits per heavy atom. The van der Waals surface area contributed by atoms with Crippen LogP contribution in [0.25, 0.3) is 17.3 Å². The summed E-state index contributed by atoms with van der Waals surface area (Å²) in [6.07, 6.45) is 12.1. The van der Waals surface area contributed by atoms with Gasteiger partial charge in [0.2, 0.25) is 0 Å². The van der Waals surface area contributed by atoms with Gasteiger partial charge in [-0.3, -0.25) is 15.0 Å². The molecule has 1 saturated carbocycles. The fraction of sp³-hybridized carbons (Fsp3) is 0.478. The molecule has 6 heteroatoms. The van der Waals surface area contributed by atoms with Crippen molar-refractivity contribution in [3.05, 3.63) is 48.7 Å². The van der Waals surface area contributed by atoms with Crippen molar-refractivity contribution in [2.24, 2.45) is 23.7 Å². The molecule has 6 nitrogen and oxygen atoms in total. The zero-order chi connectivity index (χ0) is 20.6. The quantitative estimate of drug-likeness (QED) is 0.800. The third-order valence-corrected chi connectivity index (χ3v) is 6.58. The molecule has 3 heterocycles. The molecular formula is C23H27N3O3. The molecule has 4 rings (SSSR count). The lowest BCUT2D eigenvalue weighted by Crippen LogP contribution is -2.53. The first kappa shape index (κ1) is 19.7. The van der Waals surface area contributed by atoms with Crippen LogP contribution in [0.4, 0.5) is 0 Å². The van der Waals surface area contributed by atoms with Gasteiger partial charge in [0.25, 0.3) is 0 Å². The van der Waals surface area contributed by atoms with E-state index in [1.165, 1.54) is 0 Å². The number of aliphatic hydroxyl groups is 1. The van der Waals surface area contributed by atoms with Crippen molar-refractivity contribution >= 4 is 12.0 Å². The van der Waals surface area contributed by atoms with E-state index in [1.54, 1.807) is 24.8 Å². The molecule has 6 atom stereocenters. The van der Waals surface area contributed by atoms with Crippen LogP contribution in [0.15, 0.2) is 43.0 Å². The summed E-state index contributed by atoms with van der Waals surface area (Å²) in [6.45, 7) is 6.17. The second kappa shape index (κ2) is 7.67. The van der Waals surface area contributed by atoms with Crippen LogP contribution < -0.4 is 0 Å². The first-order chi connectivity index (χ1) is 13.9. The minimum atomic E-state index is -1.39. The molecule has 0 bridgehead atoms. The summed E-state index contributed by atoms with van der Waals surface area (Å²) in [5.74, 6) is -0.0303. The van der Waals surface area contributed by atoms with Gasteiger partial charge in [-0.05, 0) is 49.3 Å². The molecule has 2 aromatic heterocycles. The Morgan fingerprint density at radius 1 is 1.24 bits per heavy atom. The summed E-state index contributed by atoms with van der Waals surface area (Å²) in [4.78, 5) is 25.3. The summed E-state index contributed by atoms with van der Waals surface area (Å²) < 4.78 is 5.45. The van der Waals surface area contributed by atoms with E-state index in [0.717, 1.165) is 23.4 Å². The minimum Gasteiger partial charge on any atom is -0.460 e. The summed E-state index contributed by atoms with van der Waals surface area (Å²) in [6, 6.07) is 3.91. The summed E-state index contributed by atoms with van der Waals surface area (Å²) in [5, 5.41) is 11.1. The Bertz CT molecular complexity index is 899. The fourth-order valence-electron chi connectivity index (χ4n) is 5.26. The molecule has 0 radical (unpaired) electrons. The van der Waals surface area contributed by atoms with Crippen LogP contribution in [0.5, 0.6) is 0 Å². The lowest BCUT2D eigenvalue weighted by molar-refractivity contribution is -0.160. The van der Waals surface area contributed by atoms with Gasteiger partial charge in [-0.25, -0.2) is 4.79 Å². The first-order valence-corrected chi connectivity index (χ1v) is 10.3. The van der Waals surface area contributed by atoms with Crippen molar-refractivity contribution in [2.45, 2.75) is 45.3 Å². The number of nitrogens with zero attached hydrogens (tertiary/aromatic N) is 3. The summed E-state index contributed by atoms with van der Waals surface area (Å²) in [5.41, 5.74) is 1.13. The number of carbonyl (C=O) groups is 1. The van der Waals surface area contributed by atoms with Crippen molar-refractivity contribution in [1.82, 2.24) is 15.0 Å². The molecule has 2 aliphatic rings. The molecule has 1 aliphatic heterocycles. The Kier molecular flexibility index (Phi) is 5.21. The molecule has 0 spiro atoms. The molecular weight excluding hydrogens is 366 g/mol.